The number of pyridine rings is 1. The number of fused-ring (bicyclic) bond motifs is 1. The van der Waals surface area contributed by atoms with Gasteiger partial charge >= 0.3 is 0 Å². The smallest absolute Gasteiger partial charge is 0.152 e. The topological polar surface area (TPSA) is 124 Å². The van der Waals surface area contributed by atoms with Gasteiger partial charge in [0.2, 0.25) is 0 Å². The first-order valence-corrected chi connectivity index (χ1v) is 9.32. The highest BCUT2D eigenvalue weighted by molar-refractivity contribution is 7.90. The van der Waals surface area contributed by atoms with Gasteiger partial charge in [-0.05, 0) is 18.2 Å². The fraction of sp³-hybridized carbons (Fsp3) is 0.267. The normalized spacial score (nSPS) is 11.9. The fourth-order valence-electron chi connectivity index (χ4n) is 2.19. The molecular formula is C15H17N5O3S. The Morgan fingerprint density at radius 3 is 2.88 bits per heavy atom. The Balaban J connectivity index is 1.72. The van der Waals surface area contributed by atoms with Crippen LogP contribution in [0.15, 0.2) is 35.1 Å². The van der Waals surface area contributed by atoms with Crippen LogP contribution in [0.4, 0.5) is 5.82 Å². The summed E-state index contributed by atoms with van der Waals surface area (Å²) in [6, 6.07) is 5.41. The standard InChI is InChI=1S/C15H17N5O3S/c1-24(21,22)5-4-17-7-10-2-3-14(23-10)12-6-11-13(8-18-12)19-9-20-15(11)16/h2-3,6,8-9,17H,4-5,7H2,1H3,(H2,16,19,20). The predicted molar refractivity (Wildman–Crippen MR) is 90.9 cm³/mol. The lowest BCUT2D eigenvalue weighted by molar-refractivity contribution is 0.496. The van der Waals surface area contributed by atoms with E-state index in [4.69, 9.17) is 10.2 Å². The minimum atomic E-state index is -2.97. The lowest BCUT2D eigenvalue weighted by Crippen LogP contribution is -2.21. The molecule has 3 N–H and O–H groups in total. The zero-order valence-electron chi connectivity index (χ0n) is 13.1. The van der Waals surface area contributed by atoms with Crippen LogP contribution in [0.25, 0.3) is 22.4 Å². The third kappa shape index (κ3) is 3.87. The number of nitrogens with two attached hydrogens (primary N) is 1. The molecule has 3 aromatic heterocycles. The molecule has 0 saturated carbocycles. The van der Waals surface area contributed by atoms with E-state index in [9.17, 15) is 8.42 Å². The molecule has 0 fully saturated rings. The van der Waals surface area contributed by atoms with Gasteiger partial charge < -0.3 is 15.5 Å². The van der Waals surface area contributed by atoms with Crippen molar-refractivity contribution in [3.63, 3.8) is 0 Å². The molecule has 0 spiro atoms. The van der Waals surface area contributed by atoms with Gasteiger partial charge in [0, 0.05) is 18.2 Å². The summed E-state index contributed by atoms with van der Waals surface area (Å²) in [5.41, 5.74) is 7.15. The van der Waals surface area contributed by atoms with Crippen LogP contribution < -0.4 is 11.1 Å². The Hall–Kier alpha value is -2.52. The molecule has 0 aromatic carbocycles. The number of sulfone groups is 1. The Labute approximate surface area is 139 Å². The molecule has 0 amide bonds. The summed E-state index contributed by atoms with van der Waals surface area (Å²) >= 11 is 0. The summed E-state index contributed by atoms with van der Waals surface area (Å²) in [6.45, 7) is 0.811. The first kappa shape index (κ1) is 16.3. The fourth-order valence-corrected chi connectivity index (χ4v) is 2.71. The number of furan rings is 1. The maximum Gasteiger partial charge on any atom is 0.152 e. The molecule has 0 aliphatic heterocycles. The Bertz CT molecular complexity index is 968. The van der Waals surface area contributed by atoms with Gasteiger partial charge in [-0.2, -0.15) is 0 Å². The van der Waals surface area contributed by atoms with E-state index in [1.54, 1.807) is 12.3 Å². The van der Waals surface area contributed by atoms with Crippen molar-refractivity contribution in [2.75, 3.05) is 24.3 Å². The van der Waals surface area contributed by atoms with Crippen LogP contribution in [-0.2, 0) is 16.4 Å². The molecule has 24 heavy (non-hydrogen) atoms. The summed E-state index contributed by atoms with van der Waals surface area (Å²) in [5.74, 6) is 1.77. The monoisotopic (exact) mass is 347 g/mol. The molecule has 3 heterocycles. The highest BCUT2D eigenvalue weighted by Gasteiger charge is 2.09. The average molecular weight is 347 g/mol. The maximum absolute atomic E-state index is 11.1. The van der Waals surface area contributed by atoms with Crippen molar-refractivity contribution < 1.29 is 12.8 Å². The van der Waals surface area contributed by atoms with Gasteiger partial charge in [0.1, 0.15) is 33.4 Å². The van der Waals surface area contributed by atoms with Crippen LogP contribution in [0.3, 0.4) is 0 Å². The lowest BCUT2D eigenvalue weighted by atomic mass is 10.2. The molecule has 0 radical (unpaired) electrons. The zero-order valence-corrected chi connectivity index (χ0v) is 13.9. The van der Waals surface area contributed by atoms with E-state index >= 15 is 0 Å². The Kier molecular flexibility index (Phi) is 4.45. The molecular weight excluding hydrogens is 330 g/mol. The second kappa shape index (κ2) is 6.54. The van der Waals surface area contributed by atoms with Crippen LogP contribution in [0.2, 0.25) is 0 Å². The van der Waals surface area contributed by atoms with E-state index in [1.807, 2.05) is 12.1 Å². The van der Waals surface area contributed by atoms with Crippen LogP contribution in [-0.4, -0.2) is 41.9 Å². The molecule has 0 aliphatic rings. The Morgan fingerprint density at radius 1 is 1.25 bits per heavy atom. The average Bonchev–Trinajstić information content (AvgIpc) is 3.00. The first-order chi connectivity index (χ1) is 11.4. The van der Waals surface area contributed by atoms with Gasteiger partial charge in [-0.25, -0.2) is 18.4 Å². The molecule has 9 heteroatoms. The molecule has 0 unspecified atom stereocenters. The van der Waals surface area contributed by atoms with Crippen LogP contribution in [0.5, 0.6) is 0 Å². The molecule has 3 aromatic rings. The minimum absolute atomic E-state index is 0.0894. The van der Waals surface area contributed by atoms with E-state index in [2.05, 4.69) is 20.3 Å². The number of hydrogen-bond donors (Lipinski definition) is 2. The van der Waals surface area contributed by atoms with Gasteiger partial charge in [-0.15, -0.1) is 0 Å². The predicted octanol–water partition coefficient (Wildman–Crippen LogP) is 1.00. The number of nitrogens with zero attached hydrogens (tertiary/aromatic N) is 3. The van der Waals surface area contributed by atoms with Gasteiger partial charge in [0.05, 0.1) is 24.0 Å². The van der Waals surface area contributed by atoms with Crippen LogP contribution >= 0.6 is 0 Å². The second-order valence-electron chi connectivity index (χ2n) is 5.42. The molecule has 126 valence electrons. The molecule has 8 nitrogen and oxygen atoms in total. The molecule has 3 rings (SSSR count). The second-order valence-corrected chi connectivity index (χ2v) is 7.68. The quantitative estimate of drug-likeness (QED) is 0.633. The van der Waals surface area contributed by atoms with Crippen LogP contribution in [0, 0.1) is 0 Å². The SMILES string of the molecule is CS(=O)(=O)CCNCc1ccc(-c2cc3c(N)ncnc3cn2)o1. The highest BCUT2D eigenvalue weighted by atomic mass is 32.2. The zero-order chi connectivity index (χ0) is 17.2. The van der Waals surface area contributed by atoms with Crippen molar-refractivity contribution in [1.82, 2.24) is 20.3 Å². The molecule has 0 atom stereocenters. The van der Waals surface area contributed by atoms with Crippen molar-refractivity contribution in [3.05, 3.63) is 36.5 Å². The van der Waals surface area contributed by atoms with Crippen LogP contribution in [0.1, 0.15) is 5.76 Å². The van der Waals surface area contributed by atoms with E-state index in [0.717, 1.165) is 0 Å². The van der Waals surface area contributed by atoms with Gasteiger partial charge in [-0.3, -0.25) is 4.98 Å². The summed E-state index contributed by atoms with van der Waals surface area (Å²) in [7, 11) is -2.97. The van der Waals surface area contributed by atoms with E-state index in [-0.39, 0.29) is 5.75 Å². The number of anilines is 1. The summed E-state index contributed by atoms with van der Waals surface area (Å²) < 4.78 is 27.9. The van der Waals surface area contributed by atoms with Crippen molar-refractivity contribution >= 4 is 26.6 Å². The Morgan fingerprint density at radius 2 is 2.08 bits per heavy atom. The third-order valence-electron chi connectivity index (χ3n) is 3.42. The summed E-state index contributed by atoms with van der Waals surface area (Å²) in [6.07, 6.45) is 4.22. The third-order valence-corrected chi connectivity index (χ3v) is 4.36. The van der Waals surface area contributed by atoms with Crippen molar-refractivity contribution in [1.29, 1.82) is 0 Å². The van der Waals surface area contributed by atoms with Gasteiger partial charge in [-0.1, -0.05) is 0 Å². The van der Waals surface area contributed by atoms with E-state index < -0.39 is 9.84 Å². The number of nitrogens with one attached hydrogen (secondary N) is 1. The maximum atomic E-state index is 11.1. The van der Waals surface area contributed by atoms with Crippen molar-refractivity contribution in [2.45, 2.75) is 6.54 Å². The molecule has 0 bridgehead atoms. The summed E-state index contributed by atoms with van der Waals surface area (Å²) in [4.78, 5) is 12.4. The minimum Gasteiger partial charge on any atom is -0.458 e. The number of aromatic nitrogens is 3. The highest BCUT2D eigenvalue weighted by Crippen LogP contribution is 2.25. The van der Waals surface area contributed by atoms with Crippen molar-refractivity contribution in [2.24, 2.45) is 0 Å². The summed E-state index contributed by atoms with van der Waals surface area (Å²) in [5, 5.41) is 3.74. The molecule has 0 aliphatic carbocycles. The first-order valence-electron chi connectivity index (χ1n) is 7.26. The van der Waals surface area contributed by atoms with Gasteiger partial charge in [0.15, 0.2) is 5.76 Å². The lowest BCUT2D eigenvalue weighted by Gasteiger charge is -2.03. The van der Waals surface area contributed by atoms with E-state index in [1.165, 1.54) is 12.6 Å². The largest absolute Gasteiger partial charge is 0.458 e. The van der Waals surface area contributed by atoms with E-state index in [0.29, 0.717) is 47.0 Å². The molecule has 0 saturated heterocycles. The number of nitrogen functional groups attached to an aromatic ring is 1. The number of hydrogen-bond acceptors (Lipinski definition) is 8. The van der Waals surface area contributed by atoms with Gasteiger partial charge in [0.25, 0.3) is 0 Å². The number of rotatable bonds is 6. The van der Waals surface area contributed by atoms with Crippen molar-refractivity contribution in [3.8, 4) is 11.5 Å².